The summed E-state index contributed by atoms with van der Waals surface area (Å²) >= 11 is 5.92. The fourth-order valence-corrected chi connectivity index (χ4v) is 4.80. The minimum atomic E-state index is -4.47. The van der Waals surface area contributed by atoms with Gasteiger partial charge in [-0.05, 0) is 41.3 Å². The first-order chi connectivity index (χ1) is 16.5. The average molecular weight is 509 g/mol. The van der Waals surface area contributed by atoms with Gasteiger partial charge in [0.25, 0.3) is 0 Å². The molecule has 2 N–H and O–H groups in total. The van der Waals surface area contributed by atoms with Crippen LogP contribution in [0.3, 0.4) is 0 Å². The van der Waals surface area contributed by atoms with Crippen LogP contribution in [-0.2, 0) is 22.2 Å². The number of carbonyl (C=O) groups is 2. The molecule has 2 heterocycles. The SMILES string of the molecule is CC(=O)N1CC2CC(c3ccc(CCOc4ccc(C(F)(F)F)cc4Cl)cc3)=C(C(=O)O)C(C1)N2. The van der Waals surface area contributed by atoms with Gasteiger partial charge in [-0.25, -0.2) is 4.79 Å². The van der Waals surface area contributed by atoms with Crippen molar-refractivity contribution in [1.29, 1.82) is 0 Å². The zero-order valence-corrected chi connectivity index (χ0v) is 19.6. The van der Waals surface area contributed by atoms with Crippen LogP contribution in [0.15, 0.2) is 48.0 Å². The smallest absolute Gasteiger partial charge is 0.416 e. The van der Waals surface area contributed by atoms with Crippen LogP contribution in [0.5, 0.6) is 5.75 Å². The van der Waals surface area contributed by atoms with Crippen LogP contribution in [-0.4, -0.2) is 53.7 Å². The average Bonchev–Trinajstić information content (AvgIpc) is 2.79. The maximum atomic E-state index is 12.8. The van der Waals surface area contributed by atoms with Crippen LogP contribution in [0, 0.1) is 0 Å². The fraction of sp³-hybridized carbons (Fsp3) is 0.360. The van der Waals surface area contributed by atoms with Crippen LogP contribution < -0.4 is 10.1 Å². The van der Waals surface area contributed by atoms with Crippen molar-refractivity contribution < 1.29 is 32.6 Å². The highest BCUT2D eigenvalue weighted by Crippen LogP contribution is 2.35. The van der Waals surface area contributed by atoms with E-state index in [0.717, 1.165) is 28.8 Å². The number of rotatable bonds is 6. The lowest BCUT2D eigenvalue weighted by Crippen LogP contribution is -2.61. The van der Waals surface area contributed by atoms with Crippen LogP contribution in [0.4, 0.5) is 13.2 Å². The van der Waals surface area contributed by atoms with Gasteiger partial charge in [0.2, 0.25) is 5.91 Å². The normalized spacial score (nSPS) is 20.1. The number of carboxylic acid groups (broad SMARTS) is 1. The summed E-state index contributed by atoms with van der Waals surface area (Å²) in [5, 5.41) is 13.1. The number of amides is 1. The van der Waals surface area contributed by atoms with E-state index in [1.165, 1.54) is 13.0 Å². The van der Waals surface area contributed by atoms with Gasteiger partial charge in [-0.15, -0.1) is 0 Å². The summed E-state index contributed by atoms with van der Waals surface area (Å²) in [4.78, 5) is 25.6. The molecule has 10 heteroatoms. The largest absolute Gasteiger partial charge is 0.492 e. The maximum absolute atomic E-state index is 12.8. The number of carbonyl (C=O) groups excluding carboxylic acids is 1. The Hall–Kier alpha value is -3.04. The van der Waals surface area contributed by atoms with Gasteiger partial charge in [0, 0.05) is 32.5 Å². The van der Waals surface area contributed by atoms with Crippen molar-refractivity contribution in [2.75, 3.05) is 19.7 Å². The second-order valence-electron chi connectivity index (χ2n) is 8.68. The van der Waals surface area contributed by atoms with E-state index in [-0.39, 0.29) is 34.9 Å². The van der Waals surface area contributed by atoms with E-state index in [4.69, 9.17) is 16.3 Å². The standard InChI is InChI=1S/C25H24ClF3N2O4/c1-14(32)31-12-18-11-19(23(24(33)34)21(13-31)30-18)16-4-2-15(3-5-16)8-9-35-22-7-6-17(10-20(22)26)25(27,28)29/h2-7,10,18,21,30H,8-9,11-13H2,1H3,(H,33,34). The van der Waals surface area contributed by atoms with E-state index < -0.39 is 23.8 Å². The third kappa shape index (κ3) is 5.62. The molecule has 0 aromatic heterocycles. The first kappa shape index (κ1) is 25.1. The van der Waals surface area contributed by atoms with Crippen molar-refractivity contribution >= 4 is 29.1 Å². The highest BCUT2D eigenvalue weighted by Gasteiger charge is 2.39. The Balaban J connectivity index is 1.44. The summed E-state index contributed by atoms with van der Waals surface area (Å²) in [6, 6.07) is 9.99. The van der Waals surface area contributed by atoms with Gasteiger partial charge >= 0.3 is 12.1 Å². The second-order valence-corrected chi connectivity index (χ2v) is 9.09. The number of ether oxygens (including phenoxy) is 1. The lowest BCUT2D eigenvalue weighted by atomic mass is 9.83. The molecule has 0 aliphatic carbocycles. The van der Waals surface area contributed by atoms with Crippen molar-refractivity contribution in [3.05, 3.63) is 69.8 Å². The number of hydrogen-bond acceptors (Lipinski definition) is 4. The number of nitrogens with one attached hydrogen (secondary N) is 1. The lowest BCUT2D eigenvalue weighted by Gasteiger charge is -2.43. The molecule has 186 valence electrons. The van der Waals surface area contributed by atoms with Crippen LogP contribution in [0.25, 0.3) is 5.57 Å². The summed E-state index contributed by atoms with van der Waals surface area (Å²) in [5.74, 6) is -0.903. The maximum Gasteiger partial charge on any atom is 0.416 e. The van der Waals surface area contributed by atoms with E-state index in [0.29, 0.717) is 25.9 Å². The number of aliphatic carboxylic acids is 1. The minimum Gasteiger partial charge on any atom is -0.492 e. The molecule has 1 amide bonds. The molecule has 4 rings (SSSR count). The molecule has 1 fully saturated rings. The van der Waals surface area contributed by atoms with Crippen LogP contribution >= 0.6 is 11.6 Å². The molecule has 2 unspecified atom stereocenters. The monoisotopic (exact) mass is 508 g/mol. The second kappa shape index (κ2) is 9.91. The van der Waals surface area contributed by atoms with Gasteiger partial charge in [0.1, 0.15) is 5.75 Å². The highest BCUT2D eigenvalue weighted by atomic mass is 35.5. The number of benzene rings is 2. The third-order valence-corrected chi connectivity index (χ3v) is 6.59. The molecule has 2 aromatic carbocycles. The van der Waals surface area contributed by atoms with Gasteiger partial charge in [-0.1, -0.05) is 35.9 Å². The van der Waals surface area contributed by atoms with E-state index in [1.807, 2.05) is 24.3 Å². The molecule has 0 radical (unpaired) electrons. The minimum absolute atomic E-state index is 0.0164. The molecular formula is C25H24ClF3N2O4. The predicted molar refractivity (Wildman–Crippen MR) is 124 cm³/mol. The summed E-state index contributed by atoms with van der Waals surface area (Å²) in [6.07, 6.45) is -3.49. The fourth-order valence-electron chi connectivity index (χ4n) is 4.57. The molecule has 35 heavy (non-hydrogen) atoms. The van der Waals surface area contributed by atoms with Gasteiger partial charge in [0.15, 0.2) is 0 Å². The number of carboxylic acids is 1. The highest BCUT2D eigenvalue weighted by molar-refractivity contribution is 6.32. The number of piperazine rings is 1. The van der Waals surface area contributed by atoms with E-state index in [9.17, 15) is 27.9 Å². The van der Waals surface area contributed by atoms with Crippen molar-refractivity contribution in [3.8, 4) is 5.75 Å². The number of halogens is 4. The molecular weight excluding hydrogens is 485 g/mol. The number of alkyl halides is 3. The van der Waals surface area contributed by atoms with E-state index in [2.05, 4.69) is 5.32 Å². The van der Waals surface area contributed by atoms with E-state index >= 15 is 0 Å². The molecule has 2 aliphatic heterocycles. The molecule has 0 saturated carbocycles. The summed E-state index contributed by atoms with van der Waals surface area (Å²) in [5.41, 5.74) is 1.93. The van der Waals surface area contributed by atoms with Gasteiger partial charge in [-0.3, -0.25) is 4.79 Å². The van der Waals surface area contributed by atoms with Gasteiger partial charge < -0.3 is 20.1 Å². The Morgan fingerprint density at radius 1 is 1.17 bits per heavy atom. The number of fused-ring (bicyclic) bond motifs is 2. The van der Waals surface area contributed by atoms with Gasteiger partial charge in [-0.2, -0.15) is 13.2 Å². The van der Waals surface area contributed by atoms with Gasteiger partial charge in [0.05, 0.1) is 28.8 Å². The molecule has 6 nitrogen and oxygen atoms in total. The molecule has 2 aliphatic rings. The van der Waals surface area contributed by atoms with Crippen LogP contribution in [0.1, 0.15) is 30.0 Å². The number of hydrogen-bond donors (Lipinski definition) is 2. The van der Waals surface area contributed by atoms with E-state index in [1.54, 1.807) is 4.90 Å². The first-order valence-corrected chi connectivity index (χ1v) is 11.5. The van der Waals surface area contributed by atoms with Crippen LogP contribution in [0.2, 0.25) is 5.02 Å². The third-order valence-electron chi connectivity index (χ3n) is 6.29. The lowest BCUT2D eigenvalue weighted by molar-refractivity contribution is -0.137. The Labute approximate surface area is 205 Å². The zero-order valence-electron chi connectivity index (χ0n) is 18.9. The molecule has 2 atom stereocenters. The quantitative estimate of drug-likeness (QED) is 0.604. The topological polar surface area (TPSA) is 78.9 Å². The molecule has 2 aromatic rings. The molecule has 0 spiro atoms. The zero-order chi connectivity index (χ0) is 25.3. The van der Waals surface area contributed by atoms with Crippen molar-refractivity contribution in [3.63, 3.8) is 0 Å². The Bertz CT molecular complexity index is 1160. The van der Waals surface area contributed by atoms with Crippen molar-refractivity contribution in [2.24, 2.45) is 0 Å². The molecule has 2 bridgehead atoms. The van der Waals surface area contributed by atoms with Crippen molar-refractivity contribution in [1.82, 2.24) is 10.2 Å². The Morgan fingerprint density at radius 2 is 1.89 bits per heavy atom. The summed E-state index contributed by atoms with van der Waals surface area (Å²) in [6.45, 7) is 2.55. The number of nitrogens with zero attached hydrogens (tertiary/aromatic N) is 1. The summed E-state index contributed by atoms with van der Waals surface area (Å²) in [7, 11) is 0. The predicted octanol–water partition coefficient (Wildman–Crippen LogP) is 4.41. The molecule has 1 saturated heterocycles. The summed E-state index contributed by atoms with van der Waals surface area (Å²) < 4.78 is 43.9. The Kier molecular flexibility index (Phi) is 7.10. The first-order valence-electron chi connectivity index (χ1n) is 11.1. The van der Waals surface area contributed by atoms with Crippen molar-refractivity contribution in [2.45, 2.75) is 38.0 Å². The Morgan fingerprint density at radius 3 is 2.49 bits per heavy atom.